The number of benzene rings is 1. The maximum absolute atomic E-state index is 12.3. The van der Waals surface area contributed by atoms with Crippen molar-refractivity contribution in [1.82, 2.24) is 14.0 Å². The van der Waals surface area contributed by atoms with Gasteiger partial charge < -0.3 is 14.5 Å². The molecule has 1 aromatic heterocycles. The van der Waals surface area contributed by atoms with Crippen LogP contribution in [-0.2, 0) is 18.9 Å². The Bertz CT molecular complexity index is 920. The summed E-state index contributed by atoms with van der Waals surface area (Å²) >= 11 is 0. The van der Waals surface area contributed by atoms with Crippen molar-refractivity contribution >= 4 is 22.6 Å². The van der Waals surface area contributed by atoms with Crippen molar-refractivity contribution in [2.75, 3.05) is 25.0 Å². The van der Waals surface area contributed by atoms with Crippen LogP contribution in [0.5, 0.6) is 0 Å². The normalized spacial score (nSPS) is 15.1. The van der Waals surface area contributed by atoms with Crippen LogP contribution in [0.3, 0.4) is 0 Å². The van der Waals surface area contributed by atoms with Gasteiger partial charge in [-0.25, -0.2) is 0 Å². The summed E-state index contributed by atoms with van der Waals surface area (Å²) in [7, 11) is 3.15. The van der Waals surface area contributed by atoms with E-state index in [2.05, 4.69) is 10.2 Å². The summed E-state index contributed by atoms with van der Waals surface area (Å²) in [5.41, 5.74) is 1.66. The highest BCUT2D eigenvalue weighted by Crippen LogP contribution is 2.21. The number of aryl methyl sites for hydroxylation is 3. The highest BCUT2D eigenvalue weighted by molar-refractivity contribution is 5.95. The molecule has 1 aliphatic rings. The minimum absolute atomic E-state index is 0.0610. The third-order valence-corrected chi connectivity index (χ3v) is 4.68. The molecule has 2 heterocycles. The number of aromatic nitrogens is 2. The van der Waals surface area contributed by atoms with Gasteiger partial charge in [0.1, 0.15) is 0 Å². The molecule has 24 heavy (non-hydrogen) atoms. The number of hydrogen-bond acceptors (Lipinski definition) is 4. The van der Waals surface area contributed by atoms with E-state index in [1.165, 1.54) is 9.13 Å². The average Bonchev–Trinajstić information content (AvgIpc) is 3.05. The van der Waals surface area contributed by atoms with Gasteiger partial charge in [0.15, 0.2) is 0 Å². The molecule has 3 rings (SSSR count). The van der Waals surface area contributed by atoms with E-state index in [4.69, 9.17) is 0 Å². The molecule has 0 radical (unpaired) electrons. The molecule has 1 aromatic carbocycles. The molecular formula is C17H22N4O3. The number of nitrogens with zero attached hydrogens (tertiary/aromatic N) is 3. The second kappa shape index (κ2) is 6.24. The lowest BCUT2D eigenvalue weighted by molar-refractivity contribution is -0.117. The standard InChI is InChI=1S/C17H22N4O3/c1-11-8-13-14(20(3)17(24)16(23)19(13)2)9-12(11)18-15(22)10-21-6-4-5-7-21/h8-9H,4-7,10H2,1-3H3,(H,18,22). The van der Waals surface area contributed by atoms with Crippen LogP contribution in [0.25, 0.3) is 11.0 Å². The van der Waals surface area contributed by atoms with Crippen molar-refractivity contribution in [3.63, 3.8) is 0 Å². The molecule has 1 saturated heterocycles. The fourth-order valence-corrected chi connectivity index (χ4v) is 3.19. The fraction of sp³-hybridized carbons (Fsp3) is 0.471. The first-order valence-electron chi connectivity index (χ1n) is 8.11. The van der Waals surface area contributed by atoms with E-state index in [9.17, 15) is 14.4 Å². The monoisotopic (exact) mass is 330 g/mol. The lowest BCUT2D eigenvalue weighted by atomic mass is 10.1. The fourth-order valence-electron chi connectivity index (χ4n) is 3.19. The van der Waals surface area contributed by atoms with Crippen molar-refractivity contribution in [2.45, 2.75) is 19.8 Å². The Morgan fingerprint density at radius 2 is 1.58 bits per heavy atom. The molecule has 7 heteroatoms. The molecule has 0 bridgehead atoms. The molecule has 2 aromatic rings. The van der Waals surface area contributed by atoms with E-state index in [-0.39, 0.29) is 5.91 Å². The number of anilines is 1. The average molecular weight is 330 g/mol. The number of carbonyl (C=O) groups excluding carboxylic acids is 1. The van der Waals surface area contributed by atoms with Crippen LogP contribution in [-0.4, -0.2) is 39.6 Å². The summed E-state index contributed by atoms with van der Waals surface area (Å²) in [5, 5.41) is 2.93. The van der Waals surface area contributed by atoms with Crippen LogP contribution in [0.15, 0.2) is 21.7 Å². The van der Waals surface area contributed by atoms with Gasteiger partial charge in [0.2, 0.25) is 5.91 Å². The van der Waals surface area contributed by atoms with Gasteiger partial charge in [0, 0.05) is 19.8 Å². The third-order valence-electron chi connectivity index (χ3n) is 4.68. The van der Waals surface area contributed by atoms with E-state index in [0.717, 1.165) is 31.5 Å². The second-order valence-electron chi connectivity index (χ2n) is 6.42. The molecular weight excluding hydrogens is 308 g/mol. The molecule has 0 aliphatic carbocycles. The van der Waals surface area contributed by atoms with Crippen LogP contribution in [0.2, 0.25) is 0 Å². The summed E-state index contributed by atoms with van der Waals surface area (Å²) in [6, 6.07) is 3.58. The first-order valence-corrected chi connectivity index (χ1v) is 8.11. The van der Waals surface area contributed by atoms with Gasteiger partial charge in [-0.2, -0.15) is 0 Å². The largest absolute Gasteiger partial charge is 0.325 e. The zero-order chi connectivity index (χ0) is 17.4. The number of nitrogens with one attached hydrogen (secondary N) is 1. The Balaban J connectivity index is 1.97. The van der Waals surface area contributed by atoms with Gasteiger partial charge in [0.25, 0.3) is 0 Å². The van der Waals surface area contributed by atoms with Crippen molar-refractivity contribution in [1.29, 1.82) is 0 Å². The molecule has 0 atom stereocenters. The first-order chi connectivity index (χ1) is 11.4. The van der Waals surface area contributed by atoms with Gasteiger partial charge in [-0.1, -0.05) is 0 Å². The van der Waals surface area contributed by atoms with Gasteiger partial charge >= 0.3 is 11.1 Å². The Hall–Kier alpha value is -2.41. The van der Waals surface area contributed by atoms with Crippen LogP contribution in [0.1, 0.15) is 18.4 Å². The molecule has 1 fully saturated rings. The van der Waals surface area contributed by atoms with Gasteiger partial charge in [-0.15, -0.1) is 0 Å². The zero-order valence-electron chi connectivity index (χ0n) is 14.3. The van der Waals surface area contributed by atoms with E-state index >= 15 is 0 Å². The van der Waals surface area contributed by atoms with Crippen molar-refractivity contribution < 1.29 is 4.79 Å². The Morgan fingerprint density at radius 3 is 2.17 bits per heavy atom. The van der Waals surface area contributed by atoms with Crippen molar-refractivity contribution in [2.24, 2.45) is 14.1 Å². The quantitative estimate of drug-likeness (QED) is 0.835. The predicted octanol–water partition coefficient (Wildman–Crippen LogP) is 0.580. The number of rotatable bonds is 3. The topological polar surface area (TPSA) is 76.3 Å². The number of fused-ring (bicyclic) bond motifs is 1. The van der Waals surface area contributed by atoms with Gasteiger partial charge in [-0.3, -0.25) is 19.3 Å². The zero-order valence-corrected chi connectivity index (χ0v) is 14.3. The second-order valence-corrected chi connectivity index (χ2v) is 6.42. The van der Waals surface area contributed by atoms with Crippen molar-refractivity contribution in [3.05, 3.63) is 38.4 Å². The van der Waals surface area contributed by atoms with Crippen LogP contribution >= 0.6 is 0 Å². The maximum Gasteiger partial charge on any atom is 0.316 e. The summed E-state index contributed by atoms with van der Waals surface area (Å²) in [4.78, 5) is 38.3. The first kappa shape index (κ1) is 16.4. The summed E-state index contributed by atoms with van der Waals surface area (Å²) < 4.78 is 2.67. The molecule has 1 aliphatic heterocycles. The molecule has 1 amide bonds. The molecule has 0 saturated carbocycles. The lowest BCUT2D eigenvalue weighted by Gasteiger charge is -2.16. The maximum atomic E-state index is 12.3. The number of hydrogen-bond donors (Lipinski definition) is 1. The van der Waals surface area contributed by atoms with Crippen molar-refractivity contribution in [3.8, 4) is 0 Å². The number of amides is 1. The predicted molar refractivity (Wildman–Crippen MR) is 93.5 cm³/mol. The van der Waals surface area contributed by atoms with Crippen LogP contribution in [0.4, 0.5) is 5.69 Å². The smallest absolute Gasteiger partial charge is 0.316 e. The van der Waals surface area contributed by atoms with E-state index in [1.807, 2.05) is 13.0 Å². The van der Waals surface area contributed by atoms with Gasteiger partial charge in [0.05, 0.1) is 17.6 Å². The van der Waals surface area contributed by atoms with E-state index < -0.39 is 11.1 Å². The van der Waals surface area contributed by atoms with E-state index in [1.54, 1.807) is 20.2 Å². The van der Waals surface area contributed by atoms with Crippen LogP contribution < -0.4 is 16.4 Å². The highest BCUT2D eigenvalue weighted by Gasteiger charge is 2.16. The highest BCUT2D eigenvalue weighted by atomic mass is 16.2. The molecule has 0 spiro atoms. The number of likely N-dealkylation sites (tertiary alicyclic amines) is 1. The number of carbonyl (C=O) groups is 1. The van der Waals surface area contributed by atoms with Gasteiger partial charge in [-0.05, 0) is 50.6 Å². The minimum Gasteiger partial charge on any atom is -0.325 e. The molecule has 128 valence electrons. The van der Waals surface area contributed by atoms with E-state index in [0.29, 0.717) is 23.3 Å². The molecule has 1 N–H and O–H groups in total. The molecule has 7 nitrogen and oxygen atoms in total. The summed E-state index contributed by atoms with van der Waals surface area (Å²) in [5.74, 6) is -0.0610. The van der Waals surface area contributed by atoms with Crippen LogP contribution in [0, 0.1) is 6.92 Å². The Labute approximate surface area is 139 Å². The Kier molecular flexibility index (Phi) is 4.28. The Morgan fingerprint density at radius 1 is 1.04 bits per heavy atom. The SMILES string of the molecule is Cc1cc2c(cc1NC(=O)CN1CCCC1)n(C)c(=O)c(=O)n2C. The lowest BCUT2D eigenvalue weighted by Crippen LogP contribution is -2.39. The minimum atomic E-state index is -0.580. The molecule has 0 unspecified atom stereocenters. The summed E-state index contributed by atoms with van der Waals surface area (Å²) in [6.45, 7) is 4.17. The third kappa shape index (κ3) is 2.87. The summed E-state index contributed by atoms with van der Waals surface area (Å²) in [6.07, 6.45) is 2.27.